The first-order valence-electron chi connectivity index (χ1n) is 0.651. The first-order valence-corrected chi connectivity index (χ1v) is 0.651. The van der Waals surface area contributed by atoms with E-state index in [1.807, 2.05) is 0 Å². The number of carboxylic acid groups (broad SMARTS) is 2. The molecule has 0 aliphatic rings. The summed E-state index contributed by atoms with van der Waals surface area (Å²) in [6.45, 7) is 0. The molecule has 0 atom stereocenters. The van der Waals surface area contributed by atoms with Crippen LogP contribution in [0.15, 0.2) is 0 Å². The minimum atomic E-state index is -1.83. The van der Waals surface area contributed by atoms with Crippen molar-refractivity contribution in [2.24, 2.45) is 0 Å². The molecule has 0 saturated carbocycles. The molecule has 0 aromatic carbocycles. The minimum absolute atomic E-state index is 0. The Balaban J connectivity index is -0.00000000300. The molecule has 0 unspecified atom stereocenters. The molecule has 32 valence electrons. The Morgan fingerprint density at radius 2 is 1.33 bits per heavy atom. The predicted octanol–water partition coefficient (Wildman–Crippen LogP) is -0.0892. The summed E-state index contributed by atoms with van der Waals surface area (Å²) in [6, 6.07) is 0. The Bertz CT molecular complexity index is 41.5. The van der Waals surface area contributed by atoms with E-state index in [2.05, 4.69) is 0 Å². The van der Waals surface area contributed by atoms with Gasteiger partial charge in [0.2, 0.25) is 0 Å². The molecule has 6 heavy (non-hydrogen) atoms. The van der Waals surface area contributed by atoms with Crippen LogP contribution in [0.2, 0.25) is 0 Å². The van der Waals surface area contributed by atoms with E-state index in [1.165, 1.54) is 0 Å². The van der Waals surface area contributed by atoms with Crippen LogP contribution in [0.25, 0.3) is 0 Å². The zero-order valence-corrected chi connectivity index (χ0v) is 7.63. The average molecular weight is 146 g/mol. The minimum Gasteiger partial charge on any atom is -1.00 e. The monoisotopic (exact) mass is 146 g/mol. The van der Waals surface area contributed by atoms with Crippen molar-refractivity contribution in [1.29, 1.82) is 0 Å². The normalized spacial score (nSPS) is 4.00. The molecule has 0 aliphatic carbocycles. The van der Waals surface area contributed by atoms with Crippen molar-refractivity contribution in [1.82, 2.24) is 0 Å². The number of hydrogen-bond acceptors (Lipinski definition) is 1. The summed E-state index contributed by atoms with van der Waals surface area (Å²) in [5.41, 5.74) is 0. The number of hydrogen-bond donors (Lipinski definition) is 2. The Morgan fingerprint density at radius 3 is 1.33 bits per heavy atom. The molecule has 0 heterocycles. The van der Waals surface area contributed by atoms with E-state index in [0.717, 1.165) is 0 Å². The number of rotatable bonds is 0. The maximum Gasteiger partial charge on any atom is 2.00 e. The summed E-state index contributed by atoms with van der Waals surface area (Å²) < 4.78 is 0. The van der Waals surface area contributed by atoms with Crippen LogP contribution in [0.3, 0.4) is 0 Å². The largest absolute Gasteiger partial charge is 2.00 e. The molecule has 0 radical (unpaired) electrons. The van der Waals surface area contributed by atoms with E-state index in [9.17, 15) is 0 Å². The van der Waals surface area contributed by atoms with Gasteiger partial charge < -0.3 is 15.9 Å². The van der Waals surface area contributed by atoms with Gasteiger partial charge >= 0.3 is 81.6 Å². The summed E-state index contributed by atoms with van der Waals surface area (Å²) in [4.78, 5) is 8.56. The standard InChI is InChI=1S/CH2O3.2Ca.4H/c2-1(3)4;;;;;;/h(H2,2,3,4);;;;;;/q;2*+2;4*-1. The molecule has 0 spiro atoms. The van der Waals surface area contributed by atoms with Crippen LogP contribution < -0.4 is 0 Å². The Kier molecular flexibility index (Phi) is 25.9. The van der Waals surface area contributed by atoms with Crippen LogP contribution in [0.5, 0.6) is 0 Å². The molecule has 0 aromatic rings. The van der Waals surface area contributed by atoms with E-state index < -0.39 is 6.16 Å². The zero-order chi connectivity index (χ0) is 3.58. The molecule has 0 fully saturated rings. The Labute approximate surface area is 101 Å². The van der Waals surface area contributed by atoms with E-state index in [4.69, 9.17) is 15.0 Å². The van der Waals surface area contributed by atoms with Crippen molar-refractivity contribution in [2.75, 3.05) is 0 Å². The van der Waals surface area contributed by atoms with Gasteiger partial charge in [0.15, 0.2) is 0 Å². The van der Waals surface area contributed by atoms with Crippen molar-refractivity contribution in [2.45, 2.75) is 0 Å². The van der Waals surface area contributed by atoms with Crippen molar-refractivity contribution >= 4 is 81.6 Å². The SMILES string of the molecule is O=C(O)O.[Ca+2].[Ca+2].[H-].[H-].[H-].[H-]. The van der Waals surface area contributed by atoms with Crippen molar-refractivity contribution in [3.63, 3.8) is 0 Å². The molecule has 5 heteroatoms. The molecule has 0 bridgehead atoms. The fourth-order valence-electron chi connectivity index (χ4n) is 0. The van der Waals surface area contributed by atoms with Crippen LogP contribution in [-0.4, -0.2) is 91.8 Å². The van der Waals surface area contributed by atoms with Crippen LogP contribution in [0.1, 0.15) is 5.71 Å². The summed E-state index contributed by atoms with van der Waals surface area (Å²) >= 11 is 0. The molecule has 0 amide bonds. The Morgan fingerprint density at radius 1 is 1.33 bits per heavy atom. The van der Waals surface area contributed by atoms with E-state index >= 15 is 0 Å². The summed E-state index contributed by atoms with van der Waals surface area (Å²) in [5.74, 6) is 0. The van der Waals surface area contributed by atoms with E-state index in [-0.39, 0.29) is 81.2 Å². The van der Waals surface area contributed by atoms with Gasteiger partial charge in [-0.05, 0) is 0 Å². The van der Waals surface area contributed by atoms with Gasteiger partial charge in [-0.2, -0.15) is 0 Å². The van der Waals surface area contributed by atoms with Crippen molar-refractivity contribution in [3.8, 4) is 0 Å². The van der Waals surface area contributed by atoms with Gasteiger partial charge in [0, 0.05) is 0 Å². The fourth-order valence-corrected chi connectivity index (χ4v) is 0. The van der Waals surface area contributed by atoms with Crippen LogP contribution in [0.4, 0.5) is 4.79 Å². The summed E-state index contributed by atoms with van der Waals surface area (Å²) in [5, 5.41) is 13.9. The smallest absolute Gasteiger partial charge is 1.00 e. The third-order valence-electron chi connectivity index (χ3n) is 0. The zero-order valence-electron chi connectivity index (χ0n) is 7.22. The fraction of sp³-hybridized carbons (Fsp3) is 0. The van der Waals surface area contributed by atoms with Crippen molar-refractivity contribution in [3.05, 3.63) is 0 Å². The first kappa shape index (κ1) is 15.7. The van der Waals surface area contributed by atoms with E-state index in [0.29, 0.717) is 0 Å². The summed E-state index contributed by atoms with van der Waals surface area (Å²) in [6.07, 6.45) is -1.83. The van der Waals surface area contributed by atoms with Gasteiger partial charge in [0.05, 0.1) is 0 Å². The van der Waals surface area contributed by atoms with Crippen LogP contribution >= 0.6 is 0 Å². The van der Waals surface area contributed by atoms with E-state index in [1.54, 1.807) is 0 Å². The third kappa shape index (κ3) is 41.5. The summed E-state index contributed by atoms with van der Waals surface area (Å²) in [7, 11) is 0. The topological polar surface area (TPSA) is 57.5 Å². The van der Waals surface area contributed by atoms with Gasteiger partial charge in [-0.3, -0.25) is 0 Å². The molecule has 0 aromatic heterocycles. The molecular formula is CH6Ca2O3. The van der Waals surface area contributed by atoms with Crippen LogP contribution in [-0.2, 0) is 0 Å². The molecule has 0 rings (SSSR count). The van der Waals surface area contributed by atoms with Gasteiger partial charge in [-0.15, -0.1) is 0 Å². The average Bonchev–Trinajstić information content (AvgIpc) is 0.811. The second kappa shape index (κ2) is 9.92. The first-order chi connectivity index (χ1) is 1.73. The number of carbonyl (C=O) groups is 1. The molecule has 3 nitrogen and oxygen atoms in total. The third-order valence-corrected chi connectivity index (χ3v) is 0. The molecule has 0 aliphatic heterocycles. The maximum atomic E-state index is 8.56. The molecule has 0 saturated heterocycles. The predicted molar refractivity (Wildman–Crippen MR) is 26.6 cm³/mol. The Hall–Kier alpha value is 1.79. The van der Waals surface area contributed by atoms with Crippen LogP contribution in [0, 0.1) is 0 Å². The molecule has 2 N–H and O–H groups in total. The second-order valence-electron chi connectivity index (χ2n) is 0.283. The van der Waals surface area contributed by atoms with Gasteiger partial charge in [0.25, 0.3) is 0 Å². The molecular weight excluding hydrogens is 140 g/mol. The van der Waals surface area contributed by atoms with Gasteiger partial charge in [0.1, 0.15) is 0 Å². The maximum absolute atomic E-state index is 8.56. The van der Waals surface area contributed by atoms with Gasteiger partial charge in [-0.25, -0.2) is 4.79 Å². The van der Waals surface area contributed by atoms with Gasteiger partial charge in [-0.1, -0.05) is 0 Å². The second-order valence-corrected chi connectivity index (χ2v) is 0.283. The van der Waals surface area contributed by atoms with Crippen molar-refractivity contribution < 1.29 is 20.7 Å². The quantitative estimate of drug-likeness (QED) is 0.470.